The van der Waals surface area contributed by atoms with Crippen LogP contribution >= 0.6 is 0 Å². The van der Waals surface area contributed by atoms with Crippen molar-refractivity contribution in [2.45, 2.75) is 39.5 Å². The summed E-state index contributed by atoms with van der Waals surface area (Å²) in [5.74, 6) is 0. The maximum absolute atomic E-state index is 2.27. The van der Waals surface area contributed by atoms with Gasteiger partial charge < -0.3 is 0 Å². The lowest BCUT2D eigenvalue weighted by atomic mass is 9.93. The number of unbranched alkanes of at least 4 members (excludes halogenated alkanes) is 3. The molecule has 0 saturated carbocycles. The van der Waals surface area contributed by atoms with Gasteiger partial charge in [0.05, 0.1) is 0 Å². The highest BCUT2D eigenvalue weighted by Gasteiger charge is 2.06. The fourth-order valence-corrected chi connectivity index (χ4v) is 3.52. The molecule has 0 aromatic heterocycles. The van der Waals surface area contributed by atoms with E-state index in [4.69, 9.17) is 0 Å². The Bertz CT molecular complexity index is 842. The molecular weight excluding hydrogens is 360 g/mol. The average Bonchev–Trinajstić information content (AvgIpc) is 2.84. The first kappa shape index (κ1) is 21.6. The van der Waals surface area contributed by atoms with Gasteiger partial charge in [0.2, 0.25) is 0 Å². The van der Waals surface area contributed by atoms with Crippen LogP contribution in [0.25, 0.3) is 33.4 Å². The lowest BCUT2D eigenvalue weighted by molar-refractivity contribution is 0.702. The largest absolute Gasteiger partial charge is 0.0654 e. The van der Waals surface area contributed by atoms with Crippen molar-refractivity contribution in [1.29, 1.82) is 0 Å². The van der Waals surface area contributed by atoms with Crippen LogP contribution in [0.2, 0.25) is 0 Å². The van der Waals surface area contributed by atoms with Crippen molar-refractivity contribution < 1.29 is 0 Å². The van der Waals surface area contributed by atoms with Crippen molar-refractivity contribution in [3.05, 3.63) is 109 Å². The molecule has 0 heteroatoms. The van der Waals surface area contributed by atoms with Crippen molar-refractivity contribution in [3.8, 4) is 33.4 Å². The van der Waals surface area contributed by atoms with Gasteiger partial charge in [-0.3, -0.25) is 0 Å². The molecule has 0 fully saturated rings. The molecule has 0 heterocycles. The molecule has 0 saturated heterocycles. The standard InChI is InChI=1S/C24H18.C6H14/c1-4-10-19(11-5-1)22-16-23(20-12-6-2-7-13-20)18-24(17-22)21-14-8-3-9-15-21;1-3-5-6-4-2/h1-18H;3-6H2,1-2H3. The van der Waals surface area contributed by atoms with E-state index in [-0.39, 0.29) is 0 Å². The first-order valence-electron chi connectivity index (χ1n) is 11.1. The summed E-state index contributed by atoms with van der Waals surface area (Å²) in [6.07, 6.45) is 5.54. The molecule has 30 heavy (non-hydrogen) atoms. The molecule has 0 N–H and O–H groups in total. The lowest BCUT2D eigenvalue weighted by Gasteiger charge is -2.11. The third-order valence-corrected chi connectivity index (χ3v) is 5.21. The fraction of sp³-hybridized carbons (Fsp3) is 0.200. The van der Waals surface area contributed by atoms with Crippen molar-refractivity contribution in [2.24, 2.45) is 0 Å². The summed E-state index contributed by atoms with van der Waals surface area (Å²) in [5.41, 5.74) is 7.47. The Balaban J connectivity index is 0.000000377. The number of hydrogen-bond acceptors (Lipinski definition) is 0. The first-order chi connectivity index (χ1) is 14.8. The summed E-state index contributed by atoms with van der Waals surface area (Å²) >= 11 is 0. The summed E-state index contributed by atoms with van der Waals surface area (Å²) < 4.78 is 0. The fourth-order valence-electron chi connectivity index (χ4n) is 3.52. The summed E-state index contributed by atoms with van der Waals surface area (Å²) in [5, 5.41) is 0. The van der Waals surface area contributed by atoms with Gasteiger partial charge in [0.1, 0.15) is 0 Å². The molecule has 0 unspecified atom stereocenters. The second kappa shape index (κ2) is 11.8. The molecule has 152 valence electrons. The Morgan fingerprint density at radius 2 is 0.633 bits per heavy atom. The molecule has 0 aliphatic heterocycles. The monoisotopic (exact) mass is 392 g/mol. The SMILES string of the molecule is CCCCCC.c1ccc(-c2cc(-c3ccccc3)cc(-c3ccccc3)c2)cc1. The second-order valence-electron chi connectivity index (χ2n) is 7.60. The molecule has 0 amide bonds. The summed E-state index contributed by atoms with van der Waals surface area (Å²) in [6, 6.07) is 38.5. The predicted molar refractivity (Wildman–Crippen MR) is 133 cm³/mol. The Labute approximate surface area is 182 Å². The highest BCUT2D eigenvalue weighted by Crippen LogP contribution is 2.32. The van der Waals surface area contributed by atoms with Crippen LogP contribution in [0.3, 0.4) is 0 Å². The van der Waals surface area contributed by atoms with Gasteiger partial charge in [-0.25, -0.2) is 0 Å². The summed E-state index contributed by atoms with van der Waals surface area (Å²) in [4.78, 5) is 0. The maximum atomic E-state index is 2.27. The molecule has 4 aromatic carbocycles. The summed E-state index contributed by atoms with van der Waals surface area (Å²) in [6.45, 7) is 4.46. The van der Waals surface area contributed by atoms with Crippen LogP contribution in [0.1, 0.15) is 39.5 Å². The zero-order valence-corrected chi connectivity index (χ0v) is 18.2. The minimum Gasteiger partial charge on any atom is -0.0654 e. The predicted octanol–water partition coefficient (Wildman–Crippen LogP) is 9.27. The highest BCUT2D eigenvalue weighted by atomic mass is 14.1. The molecule has 0 aliphatic carbocycles. The zero-order chi connectivity index (χ0) is 21.0. The van der Waals surface area contributed by atoms with Gasteiger partial charge in [-0.05, 0) is 51.6 Å². The Morgan fingerprint density at radius 3 is 0.867 bits per heavy atom. The Morgan fingerprint density at radius 1 is 0.367 bits per heavy atom. The van der Waals surface area contributed by atoms with Gasteiger partial charge in [0.15, 0.2) is 0 Å². The van der Waals surface area contributed by atoms with Crippen LogP contribution in [0.4, 0.5) is 0 Å². The molecule has 0 radical (unpaired) electrons. The van der Waals surface area contributed by atoms with Crippen LogP contribution in [0, 0.1) is 0 Å². The van der Waals surface area contributed by atoms with Crippen LogP contribution in [-0.4, -0.2) is 0 Å². The molecule has 0 bridgehead atoms. The smallest absolute Gasteiger partial charge is 0.0172 e. The van der Waals surface area contributed by atoms with Crippen LogP contribution in [-0.2, 0) is 0 Å². The molecule has 4 rings (SSSR count). The quantitative estimate of drug-likeness (QED) is 0.287. The lowest BCUT2D eigenvalue weighted by Crippen LogP contribution is -1.85. The van der Waals surface area contributed by atoms with E-state index in [1.54, 1.807) is 0 Å². The van der Waals surface area contributed by atoms with Crippen molar-refractivity contribution in [3.63, 3.8) is 0 Å². The van der Waals surface area contributed by atoms with E-state index >= 15 is 0 Å². The Hall–Kier alpha value is -3.12. The van der Waals surface area contributed by atoms with E-state index in [2.05, 4.69) is 123 Å². The summed E-state index contributed by atoms with van der Waals surface area (Å²) in [7, 11) is 0. The normalized spacial score (nSPS) is 10.2. The van der Waals surface area contributed by atoms with Crippen LogP contribution < -0.4 is 0 Å². The van der Waals surface area contributed by atoms with Crippen LogP contribution in [0.5, 0.6) is 0 Å². The highest BCUT2D eigenvalue weighted by molar-refractivity contribution is 5.81. The molecule has 0 spiro atoms. The van der Waals surface area contributed by atoms with E-state index in [0.29, 0.717) is 0 Å². The third-order valence-electron chi connectivity index (χ3n) is 5.21. The van der Waals surface area contributed by atoms with Crippen molar-refractivity contribution in [1.82, 2.24) is 0 Å². The first-order valence-corrected chi connectivity index (χ1v) is 11.1. The van der Waals surface area contributed by atoms with Gasteiger partial charge in [0, 0.05) is 0 Å². The number of benzene rings is 4. The van der Waals surface area contributed by atoms with Crippen molar-refractivity contribution >= 4 is 0 Å². The van der Waals surface area contributed by atoms with E-state index in [1.807, 2.05) is 0 Å². The molecule has 0 nitrogen and oxygen atoms in total. The number of rotatable bonds is 6. The molecular formula is C30H32. The Kier molecular flexibility index (Phi) is 8.47. The molecule has 0 aliphatic rings. The van der Waals surface area contributed by atoms with E-state index in [9.17, 15) is 0 Å². The average molecular weight is 393 g/mol. The van der Waals surface area contributed by atoms with Crippen LogP contribution in [0.15, 0.2) is 109 Å². The molecule has 0 atom stereocenters. The molecule has 4 aromatic rings. The van der Waals surface area contributed by atoms with E-state index in [0.717, 1.165) is 0 Å². The maximum Gasteiger partial charge on any atom is -0.0172 e. The van der Waals surface area contributed by atoms with Gasteiger partial charge in [-0.2, -0.15) is 0 Å². The van der Waals surface area contributed by atoms with Gasteiger partial charge in [-0.15, -0.1) is 0 Å². The number of hydrogen-bond donors (Lipinski definition) is 0. The van der Waals surface area contributed by atoms with E-state index < -0.39 is 0 Å². The van der Waals surface area contributed by atoms with E-state index in [1.165, 1.54) is 59.1 Å². The van der Waals surface area contributed by atoms with Gasteiger partial charge in [-0.1, -0.05) is 131 Å². The topological polar surface area (TPSA) is 0 Å². The minimum atomic E-state index is 1.24. The zero-order valence-electron chi connectivity index (χ0n) is 18.2. The van der Waals surface area contributed by atoms with Gasteiger partial charge >= 0.3 is 0 Å². The third kappa shape index (κ3) is 6.19. The van der Waals surface area contributed by atoms with Gasteiger partial charge in [0.25, 0.3) is 0 Å². The second-order valence-corrected chi connectivity index (χ2v) is 7.60. The minimum absolute atomic E-state index is 1.24. The van der Waals surface area contributed by atoms with Crippen molar-refractivity contribution in [2.75, 3.05) is 0 Å².